The lowest BCUT2D eigenvalue weighted by molar-refractivity contribution is 0.0115. The number of alkyl halides is 4. The van der Waals surface area contributed by atoms with E-state index in [0.717, 1.165) is 129 Å². The van der Waals surface area contributed by atoms with E-state index in [0.29, 0.717) is 67.6 Å². The summed E-state index contributed by atoms with van der Waals surface area (Å²) < 4.78 is 56.2. The van der Waals surface area contributed by atoms with Gasteiger partial charge in [0.15, 0.2) is 20.0 Å². The van der Waals surface area contributed by atoms with E-state index in [9.17, 15) is 76.3 Å². The van der Waals surface area contributed by atoms with Crippen LogP contribution in [0.2, 0.25) is 0 Å². The topological polar surface area (TPSA) is 430 Å². The summed E-state index contributed by atoms with van der Waals surface area (Å²) in [7, 11) is 0. The van der Waals surface area contributed by atoms with Crippen molar-refractivity contribution < 1.29 is 76.3 Å². The van der Waals surface area contributed by atoms with Crippen molar-refractivity contribution in [2.45, 2.75) is 303 Å². The Morgan fingerprint density at radius 1 is 0.355 bits per heavy atom. The first kappa shape index (κ1) is 113. The molecule has 5 aliphatic rings. The summed E-state index contributed by atoms with van der Waals surface area (Å²) in [5, 5.41) is 64.2. The fourth-order valence-corrected chi connectivity index (χ4v) is 20.2. The molecule has 3 atom stereocenters. The number of anilines is 4. The number of amides is 8. The number of hydrogen-bond acceptors (Lipinski definition) is 28. The van der Waals surface area contributed by atoms with E-state index in [-0.39, 0.29) is 115 Å². The zero-order valence-corrected chi connectivity index (χ0v) is 89.8. The van der Waals surface area contributed by atoms with Gasteiger partial charge < -0.3 is 82.6 Å². The zero-order valence-electron chi connectivity index (χ0n) is 86.5. The van der Waals surface area contributed by atoms with Gasteiger partial charge in [0.25, 0.3) is 59.1 Å². The Kier molecular flexibility index (Phi) is 35.5. The number of nitrogens with one attached hydrogen (secondary N) is 8. The highest BCUT2D eigenvalue weighted by Gasteiger charge is 2.49. The molecule has 772 valence electrons. The highest BCUT2D eigenvalue weighted by Crippen LogP contribution is 2.45. The van der Waals surface area contributed by atoms with Crippen LogP contribution in [0.3, 0.4) is 0 Å². The molecule has 8 aromatic rings. The third-order valence-electron chi connectivity index (χ3n) is 23.5. The predicted molar refractivity (Wildman–Crippen MR) is 549 cm³/mol. The molecule has 2 bridgehead atoms. The number of carbonyl (C=O) groups excluding carboxylic acids is 8. The molecule has 13 heterocycles. The molecular formula is C101H144F4N20O12S4. The maximum Gasteiger partial charge on any atom is 0.280 e. The third kappa shape index (κ3) is 31.8. The van der Waals surface area contributed by atoms with Crippen molar-refractivity contribution in [2.75, 3.05) is 93.3 Å². The molecule has 40 heteroatoms. The van der Waals surface area contributed by atoms with Gasteiger partial charge in [0.2, 0.25) is 0 Å². The van der Waals surface area contributed by atoms with Crippen LogP contribution in [-0.4, -0.2) is 264 Å². The molecule has 5 fully saturated rings. The van der Waals surface area contributed by atoms with Crippen LogP contribution in [0.15, 0.2) is 49.1 Å². The van der Waals surface area contributed by atoms with E-state index in [4.69, 9.17) is 0 Å². The summed E-state index contributed by atoms with van der Waals surface area (Å²) in [6.07, 6.45) is 11.9. The maximum atomic E-state index is 14.0. The molecule has 0 radical (unpaired) electrons. The number of aliphatic hydroxyl groups is 4. The molecule has 12 N–H and O–H groups in total. The number of nitrogens with zero attached hydrogens (tertiary/aromatic N) is 12. The Morgan fingerprint density at radius 2 is 0.589 bits per heavy atom. The zero-order chi connectivity index (χ0) is 105. The van der Waals surface area contributed by atoms with Gasteiger partial charge in [-0.3, -0.25) is 38.4 Å². The van der Waals surface area contributed by atoms with Crippen molar-refractivity contribution in [3.8, 4) is 41.8 Å². The van der Waals surface area contributed by atoms with E-state index in [1.165, 1.54) is 22.7 Å². The second-order valence-electron chi connectivity index (χ2n) is 45.3. The van der Waals surface area contributed by atoms with E-state index >= 15 is 0 Å². The number of pyridine rings is 4. The van der Waals surface area contributed by atoms with Crippen molar-refractivity contribution >= 4 is 116 Å². The van der Waals surface area contributed by atoms with Crippen LogP contribution in [0.5, 0.6) is 0 Å². The quantitative estimate of drug-likeness (QED) is 0.0203. The van der Waals surface area contributed by atoms with Gasteiger partial charge in [-0.05, 0) is 211 Å². The van der Waals surface area contributed by atoms with Gasteiger partial charge in [-0.25, -0.2) is 57.4 Å². The summed E-state index contributed by atoms with van der Waals surface area (Å²) in [5.74, 6) is -6.55. The number of carbonyl (C=O) groups is 8. The monoisotopic (exact) mass is 2030 g/mol. The maximum absolute atomic E-state index is 14.0. The number of likely N-dealkylation sites (tertiary alicyclic amines) is 3. The van der Waals surface area contributed by atoms with Crippen LogP contribution in [-0.2, 0) is 0 Å². The molecule has 141 heavy (non-hydrogen) atoms. The smallest absolute Gasteiger partial charge is 0.280 e. The van der Waals surface area contributed by atoms with Crippen molar-refractivity contribution in [3.63, 3.8) is 0 Å². The van der Waals surface area contributed by atoms with Crippen LogP contribution in [0.1, 0.15) is 314 Å². The van der Waals surface area contributed by atoms with Gasteiger partial charge in [-0.2, -0.15) is 0 Å². The lowest BCUT2D eigenvalue weighted by Gasteiger charge is -2.22. The van der Waals surface area contributed by atoms with Crippen molar-refractivity contribution in [3.05, 3.63) is 114 Å². The molecule has 13 rings (SSSR count). The summed E-state index contributed by atoms with van der Waals surface area (Å²) in [5.41, 5.74) is 2.73. The minimum absolute atomic E-state index is 0.00513. The Hall–Kier alpha value is -10.4. The van der Waals surface area contributed by atoms with Crippen LogP contribution in [0, 0.1) is 49.4 Å². The highest BCUT2D eigenvalue weighted by molar-refractivity contribution is 7.18. The first-order valence-electron chi connectivity index (χ1n) is 47.9. The second-order valence-corrected chi connectivity index (χ2v) is 49.3. The first-order valence-corrected chi connectivity index (χ1v) is 51.2. The molecule has 5 saturated heterocycles. The number of rotatable bonds is 28. The van der Waals surface area contributed by atoms with Crippen molar-refractivity contribution in [2.24, 2.45) is 21.7 Å². The minimum atomic E-state index is -2.98. The van der Waals surface area contributed by atoms with Gasteiger partial charge in [0.1, 0.15) is 46.0 Å². The van der Waals surface area contributed by atoms with Gasteiger partial charge in [-0.1, -0.05) is 83.1 Å². The average molecular weight is 2030 g/mol. The number of hydrogen-bond donors (Lipinski definition) is 12. The Bertz CT molecular complexity index is 5650. The van der Waals surface area contributed by atoms with Crippen LogP contribution in [0.4, 0.5) is 40.8 Å². The molecule has 0 saturated carbocycles. The summed E-state index contributed by atoms with van der Waals surface area (Å²) in [6.45, 7) is 53.5. The number of halogens is 4. The molecule has 0 aromatic carbocycles. The van der Waals surface area contributed by atoms with Crippen LogP contribution in [0.25, 0.3) is 41.8 Å². The van der Waals surface area contributed by atoms with Crippen molar-refractivity contribution in [1.82, 2.24) is 80.7 Å². The Balaban J connectivity index is 0.000000193. The molecule has 0 spiro atoms. The Labute approximate surface area is 841 Å². The minimum Gasteiger partial charge on any atom is -0.389 e. The molecule has 8 aromatic heterocycles. The normalized spacial score (nSPS) is 18.0. The molecular weight excluding hydrogens is 1890 g/mol. The Morgan fingerprint density at radius 3 is 0.787 bits per heavy atom. The fraction of sp³-hybridized carbons (Fsp3) is 0.604. The summed E-state index contributed by atoms with van der Waals surface area (Å²) in [4.78, 5) is 149. The number of aromatic nitrogens is 8. The lowest BCUT2D eigenvalue weighted by Crippen LogP contribution is -2.38. The number of thiazole rings is 4. The molecule has 8 amide bonds. The van der Waals surface area contributed by atoms with Gasteiger partial charge in [0, 0.05) is 149 Å². The van der Waals surface area contributed by atoms with E-state index in [1.54, 1.807) is 94.0 Å². The molecule has 5 aliphatic heterocycles. The van der Waals surface area contributed by atoms with Gasteiger partial charge in [0.05, 0.1) is 55.0 Å². The summed E-state index contributed by atoms with van der Waals surface area (Å²) >= 11 is 4.38. The number of aryl methyl sites for hydroxylation is 4. The summed E-state index contributed by atoms with van der Waals surface area (Å²) in [6, 6.07) is 6.94. The van der Waals surface area contributed by atoms with Gasteiger partial charge in [-0.15, -0.1) is 45.3 Å². The second kappa shape index (κ2) is 44.5. The lowest BCUT2D eigenvalue weighted by atomic mass is 9.97. The molecule has 0 aliphatic carbocycles. The molecule has 32 nitrogen and oxygen atoms in total. The molecule has 0 unspecified atom stereocenters. The van der Waals surface area contributed by atoms with E-state index in [2.05, 4.69) is 165 Å². The fourth-order valence-electron chi connectivity index (χ4n) is 16.0. The first-order chi connectivity index (χ1) is 65.0. The van der Waals surface area contributed by atoms with Crippen molar-refractivity contribution in [1.29, 1.82) is 0 Å². The van der Waals surface area contributed by atoms with Crippen LogP contribution < -0.4 is 42.5 Å². The third-order valence-corrected chi connectivity index (χ3v) is 27.9. The number of fused-ring (bicyclic) bond motifs is 2. The average Bonchev–Trinajstić information content (AvgIpc) is 1.62. The van der Waals surface area contributed by atoms with E-state index in [1.807, 2.05) is 68.7 Å². The highest BCUT2D eigenvalue weighted by atomic mass is 32.1. The van der Waals surface area contributed by atoms with Gasteiger partial charge >= 0.3 is 0 Å². The van der Waals surface area contributed by atoms with E-state index < -0.39 is 108 Å². The standard InChI is InChI=1S/C26H37N5O3S.2C25H35F2N5O3S.C25H37N5O3S/c1-15-11-19(28-13-25(2,3)4)27-12-18(15)21-20(24(33)31-16-7-8-17(31)10-9-16)30-23(35-21)22(32)29-14-26(5,6)34;2*1-14-8-17(29-11-23(3,4)5)28-10-16(14)19-18(22(34)32-13-25(26,27)9-15(32)2)31-21(36-19)20(33)30-12-24(6,7)35;1-15-11-18(27-13-24(3,4)5)26-12-17(15)20-19(23(32)30-10-8-9-16(30)2)29-22(34-20)21(31)28-14-25(6,7)33/h11-12,16-17,34H,7-10,13-14H2,1-6H3,(H,27,28)(H,29,32);2*8,10,15,35H,9,11-13H2,1-7H3,(H,28,29)(H,30,33);11-12,16,33H,8-10,13-14H2,1-7H3,(H,26,27)(H,28,31)/t;2*15-;16-/m.000/s1. The largest absolute Gasteiger partial charge is 0.389 e. The SMILES string of the molecule is Cc1cc(NCC(C)(C)C)ncc1-c1sc(C(=O)NCC(C)(C)O)nc1C(=O)N1C2CCC1CC2.Cc1cc(NCC(C)(C)C)ncc1-c1sc(C(=O)NCC(C)(C)O)nc1C(=O)N1CC(F)(F)C[C@@H]1C.Cc1cc(NCC(C)(C)C)ncc1-c1sc(C(=O)NCC(C)(C)O)nc1C(=O)N1CC(F)(F)C[C@@H]1C.Cc1cc(NCC(C)(C)C)ncc1-c1sc(C(=O)NCC(C)(C)O)nc1C(=O)N1CCC[C@@H]1C. The predicted octanol–water partition coefficient (Wildman–Crippen LogP) is 17.0. The van der Waals surface area contributed by atoms with Crippen LogP contribution >= 0.6 is 45.3 Å².